The third-order valence-corrected chi connectivity index (χ3v) is 8.00. The molecule has 4 aromatic rings. The molecule has 5 rings (SSSR count). The minimum Gasteiger partial charge on any atom is -0.296 e. The van der Waals surface area contributed by atoms with E-state index in [0.717, 1.165) is 66.1 Å². The fraction of sp³-hybridized carbons (Fsp3) is 0.467. The fourth-order valence-electron chi connectivity index (χ4n) is 5.82. The van der Waals surface area contributed by atoms with Gasteiger partial charge in [0.15, 0.2) is 5.82 Å². The lowest BCUT2D eigenvalue weighted by atomic mass is 9.87. The summed E-state index contributed by atoms with van der Waals surface area (Å²) in [4.78, 5) is 13.6. The number of benzene rings is 2. The number of aromatic nitrogens is 6. The number of nitrogens with one attached hydrogen (secondary N) is 1. The van der Waals surface area contributed by atoms with Crippen molar-refractivity contribution >= 4 is 0 Å². The predicted octanol–water partition coefficient (Wildman–Crippen LogP) is 6.17. The average molecular weight is 499 g/mol. The molecule has 0 atom stereocenters. The largest absolute Gasteiger partial charge is 0.328 e. The SMILES string of the molecule is CCCCc1c(C)n(CCC2CCCCC2)c(=O)n1Cc1ccc(-c2ccccc2-c2nnn[nH]2)cc1. The highest BCUT2D eigenvalue weighted by atomic mass is 16.1. The molecule has 2 heterocycles. The summed E-state index contributed by atoms with van der Waals surface area (Å²) in [5.74, 6) is 1.42. The first kappa shape index (κ1) is 25.2. The average Bonchev–Trinajstić information content (AvgIpc) is 3.55. The lowest BCUT2D eigenvalue weighted by molar-refractivity contribution is 0.321. The van der Waals surface area contributed by atoms with Crippen LogP contribution in [0, 0.1) is 12.8 Å². The van der Waals surface area contributed by atoms with Crippen molar-refractivity contribution in [2.45, 2.75) is 84.7 Å². The van der Waals surface area contributed by atoms with Gasteiger partial charge in [-0.1, -0.05) is 94.0 Å². The molecule has 7 nitrogen and oxygen atoms in total. The summed E-state index contributed by atoms with van der Waals surface area (Å²) >= 11 is 0. The van der Waals surface area contributed by atoms with Gasteiger partial charge in [-0.3, -0.25) is 9.13 Å². The van der Waals surface area contributed by atoms with Gasteiger partial charge in [-0.15, -0.1) is 5.10 Å². The molecule has 194 valence electrons. The van der Waals surface area contributed by atoms with Gasteiger partial charge in [-0.2, -0.15) is 0 Å². The van der Waals surface area contributed by atoms with E-state index in [9.17, 15) is 4.79 Å². The summed E-state index contributed by atoms with van der Waals surface area (Å²) in [5.41, 5.74) is 6.75. The summed E-state index contributed by atoms with van der Waals surface area (Å²) in [6.45, 7) is 5.79. The monoisotopic (exact) mass is 498 g/mol. The van der Waals surface area contributed by atoms with Gasteiger partial charge in [0, 0.05) is 23.5 Å². The van der Waals surface area contributed by atoms with Gasteiger partial charge in [0.25, 0.3) is 0 Å². The number of imidazole rings is 1. The van der Waals surface area contributed by atoms with Crippen LogP contribution >= 0.6 is 0 Å². The summed E-state index contributed by atoms with van der Waals surface area (Å²) in [6, 6.07) is 16.6. The van der Waals surface area contributed by atoms with Crippen LogP contribution in [0.5, 0.6) is 0 Å². The maximum Gasteiger partial charge on any atom is 0.328 e. The van der Waals surface area contributed by atoms with Crippen LogP contribution in [0.4, 0.5) is 0 Å². The predicted molar refractivity (Wildman–Crippen MR) is 147 cm³/mol. The van der Waals surface area contributed by atoms with Crippen LogP contribution in [-0.4, -0.2) is 29.8 Å². The molecule has 1 saturated carbocycles. The van der Waals surface area contributed by atoms with Crippen LogP contribution < -0.4 is 5.69 Å². The number of rotatable bonds is 10. The van der Waals surface area contributed by atoms with E-state index in [4.69, 9.17) is 0 Å². The minimum absolute atomic E-state index is 0.145. The first-order chi connectivity index (χ1) is 18.2. The number of nitrogens with zero attached hydrogens (tertiary/aromatic N) is 5. The van der Waals surface area contributed by atoms with Crippen molar-refractivity contribution in [3.63, 3.8) is 0 Å². The van der Waals surface area contributed by atoms with Crippen molar-refractivity contribution in [3.8, 4) is 22.5 Å². The Morgan fingerprint density at radius 1 is 0.973 bits per heavy atom. The van der Waals surface area contributed by atoms with E-state index >= 15 is 0 Å². The van der Waals surface area contributed by atoms with Crippen LogP contribution in [0.1, 0.15) is 75.2 Å². The molecule has 0 saturated heterocycles. The molecular formula is C30H38N6O. The van der Waals surface area contributed by atoms with Crippen LogP contribution in [0.3, 0.4) is 0 Å². The maximum absolute atomic E-state index is 13.6. The van der Waals surface area contributed by atoms with Crippen LogP contribution in [-0.2, 0) is 19.5 Å². The molecule has 1 N–H and O–H groups in total. The molecule has 0 radical (unpaired) electrons. The number of aromatic amines is 1. The van der Waals surface area contributed by atoms with Crippen LogP contribution in [0.15, 0.2) is 53.3 Å². The first-order valence-electron chi connectivity index (χ1n) is 13.9. The fourth-order valence-corrected chi connectivity index (χ4v) is 5.82. The smallest absolute Gasteiger partial charge is 0.296 e. The molecule has 0 spiro atoms. The zero-order chi connectivity index (χ0) is 25.6. The molecular weight excluding hydrogens is 460 g/mol. The number of hydrogen-bond donors (Lipinski definition) is 1. The Kier molecular flexibility index (Phi) is 7.97. The van der Waals surface area contributed by atoms with Gasteiger partial charge < -0.3 is 0 Å². The van der Waals surface area contributed by atoms with Gasteiger partial charge in [0.05, 0.1) is 6.54 Å². The van der Waals surface area contributed by atoms with Crippen molar-refractivity contribution in [1.29, 1.82) is 0 Å². The Balaban J connectivity index is 1.39. The Hall–Kier alpha value is -3.48. The molecule has 1 aliphatic rings. The number of unbranched alkanes of at least 4 members (excludes halogenated alkanes) is 1. The van der Waals surface area contributed by atoms with Crippen molar-refractivity contribution < 1.29 is 0 Å². The van der Waals surface area contributed by atoms with Crippen molar-refractivity contribution in [2.75, 3.05) is 0 Å². The molecule has 1 aliphatic carbocycles. The minimum atomic E-state index is 0.145. The Morgan fingerprint density at radius 3 is 2.43 bits per heavy atom. The first-order valence-corrected chi connectivity index (χ1v) is 13.9. The molecule has 37 heavy (non-hydrogen) atoms. The molecule has 0 unspecified atom stereocenters. The summed E-state index contributed by atoms with van der Waals surface area (Å²) < 4.78 is 4.07. The van der Waals surface area contributed by atoms with Gasteiger partial charge in [-0.05, 0) is 59.2 Å². The highest BCUT2D eigenvalue weighted by Gasteiger charge is 2.19. The topological polar surface area (TPSA) is 81.4 Å². The molecule has 0 amide bonds. The highest BCUT2D eigenvalue weighted by Crippen LogP contribution is 2.30. The standard InChI is InChI=1S/C30H38N6O/c1-3-4-14-28-22(2)35(20-19-23-10-6-5-7-11-23)30(37)36(28)21-24-15-17-25(18-16-24)26-12-8-9-13-27(26)29-31-33-34-32-29/h8-9,12-13,15-18,23H,3-7,10-11,14,19-21H2,1-2H3,(H,31,32,33,34). The summed E-state index contributed by atoms with van der Waals surface area (Å²) in [7, 11) is 0. The molecule has 7 heteroatoms. The number of hydrogen-bond acceptors (Lipinski definition) is 4. The van der Waals surface area contributed by atoms with E-state index in [-0.39, 0.29) is 5.69 Å². The highest BCUT2D eigenvalue weighted by molar-refractivity contribution is 5.80. The number of H-pyrrole nitrogens is 1. The zero-order valence-corrected chi connectivity index (χ0v) is 22.1. The van der Waals surface area contributed by atoms with E-state index in [1.165, 1.54) is 37.8 Å². The molecule has 1 fully saturated rings. The molecule has 2 aromatic heterocycles. The number of tetrazole rings is 1. The van der Waals surface area contributed by atoms with Crippen molar-refractivity contribution in [1.82, 2.24) is 29.8 Å². The van der Waals surface area contributed by atoms with E-state index < -0.39 is 0 Å². The molecule has 0 aliphatic heterocycles. The lowest BCUT2D eigenvalue weighted by Gasteiger charge is -2.21. The van der Waals surface area contributed by atoms with Gasteiger partial charge in [0.1, 0.15) is 0 Å². The Morgan fingerprint density at radius 2 is 1.73 bits per heavy atom. The van der Waals surface area contributed by atoms with Crippen molar-refractivity contribution in [2.24, 2.45) is 5.92 Å². The Bertz CT molecular complexity index is 1340. The van der Waals surface area contributed by atoms with E-state index in [1.807, 2.05) is 22.8 Å². The summed E-state index contributed by atoms with van der Waals surface area (Å²) in [5, 5.41) is 14.4. The zero-order valence-electron chi connectivity index (χ0n) is 22.1. The summed E-state index contributed by atoms with van der Waals surface area (Å²) in [6.07, 6.45) is 11.0. The lowest BCUT2D eigenvalue weighted by Crippen LogP contribution is -2.27. The normalized spacial score (nSPS) is 14.3. The second kappa shape index (κ2) is 11.7. The molecule has 2 aromatic carbocycles. The van der Waals surface area contributed by atoms with Crippen molar-refractivity contribution in [3.05, 3.63) is 76.0 Å². The quantitative estimate of drug-likeness (QED) is 0.284. The molecule has 0 bridgehead atoms. The van der Waals surface area contributed by atoms with Gasteiger partial charge in [0.2, 0.25) is 0 Å². The van der Waals surface area contributed by atoms with Gasteiger partial charge >= 0.3 is 5.69 Å². The van der Waals surface area contributed by atoms with Gasteiger partial charge in [-0.25, -0.2) is 9.89 Å². The second-order valence-corrected chi connectivity index (χ2v) is 10.4. The van der Waals surface area contributed by atoms with Crippen LogP contribution in [0.2, 0.25) is 0 Å². The second-order valence-electron chi connectivity index (χ2n) is 10.4. The van der Waals surface area contributed by atoms with E-state index in [0.29, 0.717) is 12.4 Å². The Labute approximate surface area is 218 Å². The van der Waals surface area contributed by atoms with Crippen LogP contribution in [0.25, 0.3) is 22.5 Å². The third-order valence-electron chi connectivity index (χ3n) is 8.00. The third kappa shape index (κ3) is 5.60. The van der Waals surface area contributed by atoms with E-state index in [2.05, 4.69) is 69.4 Å². The maximum atomic E-state index is 13.6. The van der Waals surface area contributed by atoms with E-state index in [1.54, 1.807) is 0 Å².